The van der Waals surface area contributed by atoms with Crippen LogP contribution in [0.25, 0.3) is 0 Å². The second-order valence-electron chi connectivity index (χ2n) is 4.80. The fraction of sp³-hybridized carbons (Fsp3) is 0.818. The van der Waals surface area contributed by atoms with Crippen molar-refractivity contribution in [2.75, 3.05) is 27.2 Å². The highest BCUT2D eigenvalue weighted by atomic mass is 16.4. The third-order valence-electron chi connectivity index (χ3n) is 3.03. The van der Waals surface area contributed by atoms with Crippen molar-refractivity contribution in [3.8, 4) is 0 Å². The second-order valence-corrected chi connectivity index (χ2v) is 4.80. The number of likely N-dealkylation sites (N-methyl/N-ethyl adjacent to an activating group) is 1. The van der Waals surface area contributed by atoms with E-state index in [9.17, 15) is 9.59 Å². The van der Waals surface area contributed by atoms with Crippen LogP contribution in [0.15, 0.2) is 0 Å². The van der Waals surface area contributed by atoms with Gasteiger partial charge in [0, 0.05) is 25.2 Å². The molecule has 2 unspecified atom stereocenters. The molecule has 0 aromatic heterocycles. The number of carbonyl (C=O) groups is 2. The molecule has 17 heavy (non-hydrogen) atoms. The minimum absolute atomic E-state index is 0.0450. The zero-order chi connectivity index (χ0) is 13.0. The van der Waals surface area contributed by atoms with E-state index in [2.05, 4.69) is 10.2 Å². The summed E-state index contributed by atoms with van der Waals surface area (Å²) in [5.41, 5.74) is 0. The number of hydrogen-bond donors (Lipinski definition) is 2. The maximum absolute atomic E-state index is 11.8. The minimum atomic E-state index is -0.898. The summed E-state index contributed by atoms with van der Waals surface area (Å²) in [6.45, 7) is 3.14. The maximum Gasteiger partial charge on any atom is 0.317 e. The van der Waals surface area contributed by atoms with Gasteiger partial charge in [0.25, 0.3) is 0 Å². The van der Waals surface area contributed by atoms with Crippen LogP contribution in [0.4, 0.5) is 4.79 Å². The molecule has 2 N–H and O–H groups in total. The van der Waals surface area contributed by atoms with Crippen LogP contribution in [0.5, 0.6) is 0 Å². The molecular formula is C11H21N3O3. The highest BCUT2D eigenvalue weighted by molar-refractivity contribution is 5.76. The minimum Gasteiger partial charge on any atom is -0.481 e. The molecular weight excluding hydrogens is 222 g/mol. The van der Waals surface area contributed by atoms with E-state index in [4.69, 9.17) is 5.11 Å². The summed E-state index contributed by atoms with van der Waals surface area (Å²) in [7, 11) is 4.00. The summed E-state index contributed by atoms with van der Waals surface area (Å²) < 4.78 is 0. The highest BCUT2D eigenvalue weighted by Gasteiger charge is 2.28. The SMILES string of the molecule is CC(CC(=O)O)NC(=O)N1CCC(N(C)C)C1. The molecule has 6 heteroatoms. The summed E-state index contributed by atoms with van der Waals surface area (Å²) in [6, 6.07) is -0.1000. The molecule has 0 aromatic rings. The number of nitrogens with one attached hydrogen (secondary N) is 1. The molecule has 0 aromatic carbocycles. The van der Waals surface area contributed by atoms with Gasteiger partial charge in [0.05, 0.1) is 6.42 Å². The number of carboxylic acid groups (broad SMARTS) is 1. The zero-order valence-corrected chi connectivity index (χ0v) is 10.6. The van der Waals surface area contributed by atoms with Gasteiger partial charge in [-0.1, -0.05) is 0 Å². The van der Waals surface area contributed by atoms with Gasteiger partial charge in [0.15, 0.2) is 0 Å². The molecule has 2 amide bonds. The molecule has 0 bridgehead atoms. The summed E-state index contributed by atoms with van der Waals surface area (Å²) >= 11 is 0. The van der Waals surface area contributed by atoms with Crippen LogP contribution in [0, 0.1) is 0 Å². The van der Waals surface area contributed by atoms with Crippen molar-refractivity contribution in [1.82, 2.24) is 15.1 Å². The van der Waals surface area contributed by atoms with E-state index >= 15 is 0 Å². The van der Waals surface area contributed by atoms with Crippen LogP contribution in [-0.2, 0) is 4.79 Å². The fourth-order valence-corrected chi connectivity index (χ4v) is 1.96. The second kappa shape index (κ2) is 5.86. The van der Waals surface area contributed by atoms with Gasteiger partial charge in [-0.15, -0.1) is 0 Å². The van der Waals surface area contributed by atoms with Gasteiger partial charge < -0.3 is 20.2 Å². The van der Waals surface area contributed by atoms with Crippen molar-refractivity contribution < 1.29 is 14.7 Å². The van der Waals surface area contributed by atoms with Gasteiger partial charge in [-0.3, -0.25) is 4.79 Å². The Kier molecular flexibility index (Phi) is 4.74. The Balaban J connectivity index is 2.36. The first kappa shape index (κ1) is 13.8. The monoisotopic (exact) mass is 243 g/mol. The van der Waals surface area contributed by atoms with Gasteiger partial charge in [0.1, 0.15) is 0 Å². The van der Waals surface area contributed by atoms with Crippen LogP contribution in [-0.4, -0.2) is 66.2 Å². The highest BCUT2D eigenvalue weighted by Crippen LogP contribution is 2.13. The van der Waals surface area contributed by atoms with Crippen LogP contribution >= 0.6 is 0 Å². The lowest BCUT2D eigenvalue weighted by Crippen LogP contribution is -2.44. The number of hydrogen-bond acceptors (Lipinski definition) is 3. The summed E-state index contributed by atoms with van der Waals surface area (Å²) in [6.07, 6.45) is 0.921. The molecule has 1 aliphatic heterocycles. The third-order valence-corrected chi connectivity index (χ3v) is 3.03. The molecule has 6 nitrogen and oxygen atoms in total. The number of nitrogens with zero attached hydrogens (tertiary/aromatic N) is 2. The van der Waals surface area contributed by atoms with Crippen molar-refractivity contribution in [1.29, 1.82) is 0 Å². The molecule has 1 rings (SSSR count). The number of aliphatic carboxylic acids is 1. The fourth-order valence-electron chi connectivity index (χ4n) is 1.96. The molecule has 0 aliphatic carbocycles. The first-order chi connectivity index (χ1) is 7.90. The predicted molar refractivity (Wildman–Crippen MR) is 63.9 cm³/mol. The molecule has 1 saturated heterocycles. The van der Waals surface area contributed by atoms with E-state index in [0.29, 0.717) is 12.6 Å². The lowest BCUT2D eigenvalue weighted by atomic mass is 10.2. The molecule has 0 radical (unpaired) electrons. The third kappa shape index (κ3) is 4.22. The molecule has 1 heterocycles. The zero-order valence-electron chi connectivity index (χ0n) is 10.6. The van der Waals surface area contributed by atoms with Crippen LogP contribution in [0.2, 0.25) is 0 Å². The van der Waals surface area contributed by atoms with E-state index in [1.807, 2.05) is 14.1 Å². The Morgan fingerprint density at radius 2 is 2.18 bits per heavy atom. The van der Waals surface area contributed by atoms with Crippen LogP contribution in [0.3, 0.4) is 0 Å². The van der Waals surface area contributed by atoms with Crippen molar-refractivity contribution >= 4 is 12.0 Å². The number of carbonyl (C=O) groups excluding carboxylic acids is 1. The van der Waals surface area contributed by atoms with Gasteiger partial charge in [-0.05, 0) is 27.4 Å². The smallest absolute Gasteiger partial charge is 0.317 e. The quantitative estimate of drug-likeness (QED) is 0.739. The predicted octanol–water partition coefficient (Wildman–Crippen LogP) is 0.195. The summed E-state index contributed by atoms with van der Waals surface area (Å²) in [5.74, 6) is -0.898. The van der Waals surface area contributed by atoms with Crippen LogP contribution < -0.4 is 5.32 Å². The van der Waals surface area contributed by atoms with Gasteiger partial charge >= 0.3 is 12.0 Å². The summed E-state index contributed by atoms with van der Waals surface area (Å²) in [4.78, 5) is 26.1. The van der Waals surface area contributed by atoms with Gasteiger partial charge in [0.2, 0.25) is 0 Å². The lowest BCUT2D eigenvalue weighted by molar-refractivity contribution is -0.137. The molecule has 1 fully saturated rings. The number of urea groups is 1. The Morgan fingerprint density at radius 3 is 2.65 bits per heavy atom. The lowest BCUT2D eigenvalue weighted by Gasteiger charge is -2.22. The molecule has 0 saturated carbocycles. The van der Waals surface area contributed by atoms with E-state index in [0.717, 1.165) is 13.0 Å². The average molecular weight is 243 g/mol. The Morgan fingerprint density at radius 1 is 1.53 bits per heavy atom. The summed E-state index contributed by atoms with van der Waals surface area (Å²) in [5, 5.41) is 11.3. The van der Waals surface area contributed by atoms with Crippen LogP contribution in [0.1, 0.15) is 19.8 Å². The molecule has 1 aliphatic rings. The average Bonchev–Trinajstić information content (AvgIpc) is 2.64. The van der Waals surface area contributed by atoms with E-state index in [1.54, 1.807) is 11.8 Å². The van der Waals surface area contributed by atoms with Crippen molar-refractivity contribution in [3.05, 3.63) is 0 Å². The molecule has 98 valence electrons. The van der Waals surface area contributed by atoms with Gasteiger partial charge in [-0.2, -0.15) is 0 Å². The largest absolute Gasteiger partial charge is 0.481 e. The molecule has 0 spiro atoms. The Bertz CT molecular complexity index is 294. The number of carboxylic acids is 1. The van der Waals surface area contributed by atoms with Crippen molar-refractivity contribution in [2.24, 2.45) is 0 Å². The number of likely N-dealkylation sites (tertiary alicyclic amines) is 1. The first-order valence-electron chi connectivity index (χ1n) is 5.83. The number of rotatable bonds is 4. The van der Waals surface area contributed by atoms with Crippen molar-refractivity contribution in [3.63, 3.8) is 0 Å². The topological polar surface area (TPSA) is 72.9 Å². The first-order valence-corrected chi connectivity index (χ1v) is 5.83. The number of amides is 2. The van der Waals surface area contributed by atoms with Crippen molar-refractivity contribution in [2.45, 2.75) is 31.8 Å². The maximum atomic E-state index is 11.8. The van der Waals surface area contributed by atoms with E-state index in [-0.39, 0.29) is 18.5 Å². The Hall–Kier alpha value is -1.30. The van der Waals surface area contributed by atoms with E-state index < -0.39 is 5.97 Å². The van der Waals surface area contributed by atoms with Gasteiger partial charge in [-0.25, -0.2) is 4.79 Å². The van der Waals surface area contributed by atoms with E-state index in [1.165, 1.54) is 0 Å². The Labute approximate surface area is 102 Å². The standard InChI is InChI=1S/C11H21N3O3/c1-8(6-10(15)16)12-11(17)14-5-4-9(7-14)13(2)3/h8-9H,4-7H2,1-3H3,(H,12,17)(H,15,16). The molecule has 2 atom stereocenters. The normalized spacial score (nSPS) is 21.6.